The molecular weight excluding hydrogens is 306 g/mol. The number of piperidine rings is 1. The number of ether oxygens (including phenoxy) is 2. The predicted octanol–water partition coefficient (Wildman–Crippen LogP) is 0.769. The van der Waals surface area contributed by atoms with Gasteiger partial charge in [-0.25, -0.2) is 13.4 Å². The fourth-order valence-corrected chi connectivity index (χ4v) is 4.87. The van der Waals surface area contributed by atoms with Gasteiger partial charge in [0.25, 0.3) is 10.0 Å². The summed E-state index contributed by atoms with van der Waals surface area (Å²) >= 11 is 0. The van der Waals surface area contributed by atoms with Crippen LogP contribution in [0.3, 0.4) is 0 Å². The summed E-state index contributed by atoms with van der Waals surface area (Å²) in [6.07, 6.45) is 6.40. The van der Waals surface area contributed by atoms with Gasteiger partial charge in [0.2, 0.25) is 0 Å². The number of imidazole rings is 1. The molecule has 3 heterocycles. The lowest BCUT2D eigenvalue weighted by atomic mass is 9.82. The maximum Gasteiger partial charge on any atom is 0.262 e. The zero-order chi connectivity index (χ0) is 15.8. The van der Waals surface area contributed by atoms with Crippen molar-refractivity contribution in [3.63, 3.8) is 0 Å². The van der Waals surface area contributed by atoms with Crippen LogP contribution in [0, 0.1) is 0 Å². The Hall–Kier alpha value is -0.960. The Morgan fingerprint density at radius 1 is 1.41 bits per heavy atom. The monoisotopic (exact) mass is 329 g/mol. The third kappa shape index (κ3) is 2.68. The van der Waals surface area contributed by atoms with Crippen molar-refractivity contribution in [2.45, 2.75) is 42.4 Å². The molecule has 3 rings (SSSR count). The van der Waals surface area contributed by atoms with Crippen LogP contribution in [0.15, 0.2) is 17.6 Å². The molecule has 1 aromatic rings. The number of aromatic nitrogens is 2. The summed E-state index contributed by atoms with van der Waals surface area (Å²) < 4.78 is 39.9. The minimum Gasteiger partial charge on any atom is -0.378 e. The predicted molar refractivity (Wildman–Crippen MR) is 79.9 cm³/mol. The van der Waals surface area contributed by atoms with Gasteiger partial charge in [-0.3, -0.25) is 0 Å². The zero-order valence-corrected chi connectivity index (χ0v) is 13.9. The van der Waals surface area contributed by atoms with Crippen molar-refractivity contribution in [3.8, 4) is 0 Å². The number of hydrogen-bond acceptors (Lipinski definition) is 5. The number of nitrogens with zero attached hydrogens (tertiary/aromatic N) is 3. The first-order chi connectivity index (χ1) is 10.5. The quantitative estimate of drug-likeness (QED) is 0.819. The van der Waals surface area contributed by atoms with Crippen LogP contribution in [-0.2, 0) is 26.5 Å². The summed E-state index contributed by atoms with van der Waals surface area (Å²) in [7, 11) is -0.0491. The zero-order valence-electron chi connectivity index (χ0n) is 13.1. The maximum atomic E-state index is 12.6. The summed E-state index contributed by atoms with van der Waals surface area (Å²) in [5, 5.41) is 0.110. The van der Waals surface area contributed by atoms with E-state index in [1.165, 1.54) is 16.8 Å². The number of methoxy groups -OCH3 is 1. The van der Waals surface area contributed by atoms with Crippen LogP contribution in [0.5, 0.6) is 0 Å². The molecule has 0 bridgehead atoms. The second kappa shape index (κ2) is 5.92. The van der Waals surface area contributed by atoms with Crippen LogP contribution in [0.4, 0.5) is 0 Å². The highest BCUT2D eigenvalue weighted by Crippen LogP contribution is 2.37. The molecule has 0 aliphatic carbocycles. The van der Waals surface area contributed by atoms with E-state index in [4.69, 9.17) is 9.47 Å². The molecule has 1 spiro atoms. The first kappa shape index (κ1) is 15.9. The molecule has 0 N–H and O–H groups in total. The van der Waals surface area contributed by atoms with E-state index in [0.717, 1.165) is 19.4 Å². The molecule has 7 nitrogen and oxygen atoms in total. The van der Waals surface area contributed by atoms with Crippen molar-refractivity contribution in [1.29, 1.82) is 0 Å². The third-order valence-corrected chi connectivity index (χ3v) is 6.51. The van der Waals surface area contributed by atoms with Gasteiger partial charge in [-0.05, 0) is 25.7 Å². The first-order valence-corrected chi connectivity index (χ1v) is 9.07. The van der Waals surface area contributed by atoms with Gasteiger partial charge in [0.15, 0.2) is 5.03 Å². The summed E-state index contributed by atoms with van der Waals surface area (Å²) in [5.41, 5.74) is -0.330. The molecule has 1 aromatic heterocycles. The van der Waals surface area contributed by atoms with E-state index < -0.39 is 10.0 Å². The van der Waals surface area contributed by atoms with Crippen LogP contribution in [0.25, 0.3) is 0 Å². The van der Waals surface area contributed by atoms with E-state index in [1.807, 2.05) is 0 Å². The third-order valence-electron chi connectivity index (χ3n) is 4.73. The van der Waals surface area contributed by atoms with Crippen molar-refractivity contribution in [3.05, 3.63) is 12.5 Å². The van der Waals surface area contributed by atoms with E-state index in [1.54, 1.807) is 18.7 Å². The summed E-state index contributed by atoms with van der Waals surface area (Å²) in [6, 6.07) is 0. The van der Waals surface area contributed by atoms with Gasteiger partial charge < -0.3 is 14.0 Å². The van der Waals surface area contributed by atoms with E-state index in [9.17, 15) is 8.42 Å². The molecule has 22 heavy (non-hydrogen) atoms. The Balaban J connectivity index is 1.74. The molecule has 0 unspecified atom stereocenters. The second-order valence-electron chi connectivity index (χ2n) is 6.06. The number of rotatable bonds is 3. The molecular formula is C14H23N3O4S. The van der Waals surface area contributed by atoms with E-state index in [2.05, 4.69) is 4.98 Å². The van der Waals surface area contributed by atoms with E-state index in [-0.39, 0.29) is 16.7 Å². The molecule has 124 valence electrons. The van der Waals surface area contributed by atoms with Crippen molar-refractivity contribution >= 4 is 10.0 Å². The molecule has 0 radical (unpaired) electrons. The minimum atomic E-state index is -3.52. The highest BCUT2D eigenvalue weighted by molar-refractivity contribution is 7.89. The molecule has 2 saturated heterocycles. The SMILES string of the molecule is CO[C@H]1CCCOC12CCN(S(=O)(=O)c1cn(C)cn1)CC2. The van der Waals surface area contributed by atoms with Gasteiger partial charge in [-0.2, -0.15) is 4.31 Å². The Morgan fingerprint density at radius 2 is 2.14 bits per heavy atom. The Morgan fingerprint density at radius 3 is 2.73 bits per heavy atom. The molecule has 8 heteroatoms. The van der Waals surface area contributed by atoms with Crippen LogP contribution in [0.2, 0.25) is 0 Å². The van der Waals surface area contributed by atoms with Gasteiger partial charge >= 0.3 is 0 Å². The molecule has 2 aliphatic rings. The lowest BCUT2D eigenvalue weighted by Crippen LogP contribution is -2.56. The lowest BCUT2D eigenvalue weighted by molar-refractivity contribution is -0.182. The lowest BCUT2D eigenvalue weighted by Gasteiger charge is -2.47. The molecule has 2 fully saturated rings. The van der Waals surface area contributed by atoms with Gasteiger partial charge in [-0.1, -0.05) is 0 Å². The van der Waals surface area contributed by atoms with E-state index >= 15 is 0 Å². The summed E-state index contributed by atoms with van der Waals surface area (Å²) in [5.74, 6) is 0. The van der Waals surface area contributed by atoms with Crippen molar-refractivity contribution < 1.29 is 17.9 Å². The number of hydrogen-bond donors (Lipinski definition) is 0. The number of aryl methyl sites for hydroxylation is 1. The summed E-state index contributed by atoms with van der Waals surface area (Å²) in [4.78, 5) is 3.98. The standard InChI is InChI=1S/C14H23N3O4S/c1-16-10-13(15-11-16)22(18,19)17-7-5-14(6-8-17)12(20-2)4-3-9-21-14/h10-12H,3-9H2,1-2H3/t12-/m0/s1. The van der Waals surface area contributed by atoms with Crippen LogP contribution >= 0.6 is 0 Å². The average Bonchev–Trinajstić information content (AvgIpc) is 2.96. The first-order valence-electron chi connectivity index (χ1n) is 7.63. The van der Waals surface area contributed by atoms with Gasteiger partial charge in [0.1, 0.15) is 0 Å². The molecule has 0 amide bonds. The van der Waals surface area contributed by atoms with Crippen molar-refractivity contribution in [2.75, 3.05) is 26.8 Å². The highest BCUT2D eigenvalue weighted by Gasteiger charge is 2.46. The van der Waals surface area contributed by atoms with Crippen molar-refractivity contribution in [1.82, 2.24) is 13.9 Å². The minimum absolute atomic E-state index is 0.0564. The topological polar surface area (TPSA) is 73.7 Å². The van der Waals surface area contributed by atoms with E-state index in [0.29, 0.717) is 25.9 Å². The fourth-order valence-electron chi connectivity index (χ4n) is 3.46. The second-order valence-corrected chi connectivity index (χ2v) is 7.95. The Labute approximate surface area is 131 Å². The van der Waals surface area contributed by atoms with Crippen LogP contribution < -0.4 is 0 Å². The molecule has 2 aliphatic heterocycles. The van der Waals surface area contributed by atoms with Gasteiger partial charge in [0, 0.05) is 40.1 Å². The summed E-state index contributed by atoms with van der Waals surface area (Å²) in [6.45, 7) is 1.62. The van der Waals surface area contributed by atoms with Crippen LogP contribution in [0.1, 0.15) is 25.7 Å². The highest BCUT2D eigenvalue weighted by atomic mass is 32.2. The largest absolute Gasteiger partial charge is 0.378 e. The molecule has 1 atom stereocenters. The maximum absolute atomic E-state index is 12.6. The average molecular weight is 329 g/mol. The normalized spacial score (nSPS) is 26.4. The van der Waals surface area contributed by atoms with Gasteiger partial charge in [0.05, 0.1) is 18.0 Å². The molecule has 0 aromatic carbocycles. The number of sulfonamides is 1. The fraction of sp³-hybridized carbons (Fsp3) is 0.786. The smallest absolute Gasteiger partial charge is 0.262 e. The van der Waals surface area contributed by atoms with Gasteiger partial charge in [-0.15, -0.1) is 0 Å². The molecule has 0 saturated carbocycles. The van der Waals surface area contributed by atoms with Crippen molar-refractivity contribution in [2.24, 2.45) is 7.05 Å². The van der Waals surface area contributed by atoms with Crippen LogP contribution in [-0.4, -0.2) is 60.8 Å². The Kier molecular flexibility index (Phi) is 4.28. The Bertz CT molecular complexity index is 620.